The van der Waals surface area contributed by atoms with Crippen LogP contribution in [0.4, 0.5) is 0 Å². The van der Waals surface area contributed by atoms with E-state index in [-0.39, 0.29) is 24.8 Å². The zero-order valence-corrected chi connectivity index (χ0v) is 12.6. The van der Waals surface area contributed by atoms with E-state index in [1.807, 2.05) is 44.2 Å². The molecule has 0 spiro atoms. The van der Waals surface area contributed by atoms with Gasteiger partial charge in [-0.05, 0) is 30.7 Å². The van der Waals surface area contributed by atoms with Gasteiger partial charge >= 0.3 is 5.97 Å². The van der Waals surface area contributed by atoms with Gasteiger partial charge in [-0.2, -0.15) is 0 Å². The lowest BCUT2D eigenvalue weighted by Gasteiger charge is -2.27. The van der Waals surface area contributed by atoms with E-state index >= 15 is 0 Å². The predicted octanol–water partition coefficient (Wildman–Crippen LogP) is 2.91. The van der Waals surface area contributed by atoms with Crippen molar-refractivity contribution in [2.75, 3.05) is 13.4 Å². The largest absolute Gasteiger partial charge is 0.498 e. The van der Waals surface area contributed by atoms with Crippen molar-refractivity contribution in [2.24, 2.45) is 5.92 Å². The van der Waals surface area contributed by atoms with Crippen LogP contribution >= 0.6 is 0 Å². The molecule has 1 aromatic rings. The summed E-state index contributed by atoms with van der Waals surface area (Å²) >= 11 is 0. The van der Waals surface area contributed by atoms with E-state index in [1.54, 1.807) is 0 Å². The first kappa shape index (κ1) is 14.5. The topological polar surface area (TPSA) is 54.0 Å². The minimum Gasteiger partial charge on any atom is -0.498 e. The predicted molar refractivity (Wildman–Crippen MR) is 80.4 cm³/mol. The maximum atomic E-state index is 11.6. The second kappa shape index (κ2) is 6.13. The fourth-order valence-electron chi connectivity index (χ4n) is 2.45. The number of cyclic esters (lactones) is 1. The Balaban J connectivity index is 1.74. The number of hydrogen-bond donors (Lipinski definition) is 0. The number of hydrogen-bond acceptors (Lipinski definition) is 5. The van der Waals surface area contributed by atoms with E-state index < -0.39 is 0 Å². The van der Waals surface area contributed by atoms with E-state index in [9.17, 15) is 4.79 Å². The summed E-state index contributed by atoms with van der Waals surface area (Å²) in [5, 5.41) is 0. The number of ether oxygens (including phenoxy) is 4. The highest BCUT2D eigenvalue weighted by molar-refractivity contribution is 5.84. The number of carbonyl (C=O) groups excluding carboxylic acids is 1. The lowest BCUT2D eigenvalue weighted by Crippen LogP contribution is -2.30. The molecule has 0 amide bonds. The number of esters is 1. The molecule has 5 nitrogen and oxygen atoms in total. The summed E-state index contributed by atoms with van der Waals surface area (Å²) in [5.41, 5.74) is 0.958. The highest BCUT2D eigenvalue weighted by Gasteiger charge is 2.28. The lowest BCUT2D eigenvalue weighted by atomic mass is 9.98. The Morgan fingerprint density at radius 1 is 1.32 bits per heavy atom. The van der Waals surface area contributed by atoms with Crippen LogP contribution in [0.1, 0.15) is 19.4 Å². The Morgan fingerprint density at radius 2 is 2.14 bits per heavy atom. The Morgan fingerprint density at radius 3 is 2.95 bits per heavy atom. The van der Waals surface area contributed by atoms with Crippen LogP contribution in [-0.2, 0) is 14.3 Å². The fourth-order valence-corrected chi connectivity index (χ4v) is 2.45. The van der Waals surface area contributed by atoms with Crippen LogP contribution in [0, 0.1) is 5.92 Å². The van der Waals surface area contributed by atoms with Gasteiger partial charge in [0.15, 0.2) is 11.5 Å². The molecule has 22 heavy (non-hydrogen) atoms. The third-order valence-corrected chi connectivity index (χ3v) is 3.64. The van der Waals surface area contributed by atoms with Crippen molar-refractivity contribution in [2.45, 2.75) is 20.0 Å². The van der Waals surface area contributed by atoms with E-state index in [1.165, 1.54) is 6.08 Å². The van der Waals surface area contributed by atoms with Crippen LogP contribution < -0.4 is 9.47 Å². The summed E-state index contributed by atoms with van der Waals surface area (Å²) in [5.74, 6) is 1.76. The third-order valence-electron chi connectivity index (χ3n) is 3.64. The molecule has 3 rings (SSSR count). The molecular formula is C17H18O5. The third kappa shape index (κ3) is 2.93. The van der Waals surface area contributed by atoms with Gasteiger partial charge in [-0.25, -0.2) is 4.79 Å². The van der Waals surface area contributed by atoms with Crippen molar-refractivity contribution < 1.29 is 23.7 Å². The number of carbonyl (C=O) groups is 1. The van der Waals surface area contributed by atoms with Gasteiger partial charge < -0.3 is 18.9 Å². The SMILES string of the molecule is CCOC1=CC(=O)OC(/C=C/c2ccc3c(c2)OCO3)C1C. The molecule has 0 saturated heterocycles. The summed E-state index contributed by atoms with van der Waals surface area (Å²) in [6.45, 7) is 4.65. The Labute approximate surface area is 129 Å². The van der Waals surface area contributed by atoms with E-state index in [4.69, 9.17) is 18.9 Å². The van der Waals surface area contributed by atoms with Gasteiger partial charge in [0.25, 0.3) is 0 Å². The molecule has 2 aliphatic rings. The van der Waals surface area contributed by atoms with Crippen molar-refractivity contribution in [3.63, 3.8) is 0 Å². The molecule has 2 aliphatic heterocycles. The summed E-state index contributed by atoms with van der Waals surface area (Å²) < 4.78 is 21.5. The van der Waals surface area contributed by atoms with Crippen LogP contribution in [0.25, 0.3) is 6.08 Å². The summed E-state index contributed by atoms with van der Waals surface area (Å²) in [7, 11) is 0. The molecule has 0 bridgehead atoms. The molecule has 2 atom stereocenters. The van der Waals surface area contributed by atoms with Crippen molar-refractivity contribution in [1.29, 1.82) is 0 Å². The quantitative estimate of drug-likeness (QED) is 0.800. The van der Waals surface area contributed by atoms with E-state index in [0.29, 0.717) is 12.4 Å². The number of rotatable bonds is 4. The zero-order valence-electron chi connectivity index (χ0n) is 12.6. The molecule has 0 radical (unpaired) electrons. The minimum atomic E-state index is -0.373. The van der Waals surface area contributed by atoms with Gasteiger partial charge in [-0.15, -0.1) is 0 Å². The molecule has 5 heteroatoms. The summed E-state index contributed by atoms with van der Waals surface area (Å²) in [6, 6.07) is 5.69. The number of fused-ring (bicyclic) bond motifs is 1. The Kier molecular flexibility index (Phi) is 4.04. The second-order valence-corrected chi connectivity index (χ2v) is 5.14. The van der Waals surface area contributed by atoms with Crippen LogP contribution in [0.3, 0.4) is 0 Å². The van der Waals surface area contributed by atoms with Crippen molar-refractivity contribution in [3.05, 3.63) is 41.7 Å². The fraction of sp³-hybridized carbons (Fsp3) is 0.353. The number of benzene rings is 1. The molecule has 2 heterocycles. The Hall–Kier alpha value is -2.43. The normalized spacial score (nSPS) is 23.4. The molecule has 1 aromatic carbocycles. The monoisotopic (exact) mass is 302 g/mol. The van der Waals surface area contributed by atoms with Gasteiger partial charge in [0.1, 0.15) is 11.9 Å². The van der Waals surface area contributed by atoms with Crippen molar-refractivity contribution in [3.8, 4) is 11.5 Å². The smallest absolute Gasteiger partial charge is 0.334 e. The first-order chi connectivity index (χ1) is 10.7. The maximum Gasteiger partial charge on any atom is 0.334 e. The average Bonchev–Trinajstić information content (AvgIpc) is 2.97. The molecule has 0 N–H and O–H groups in total. The highest BCUT2D eigenvalue weighted by atomic mass is 16.7. The molecule has 0 saturated carbocycles. The van der Waals surface area contributed by atoms with Gasteiger partial charge in [0.2, 0.25) is 6.79 Å². The highest BCUT2D eigenvalue weighted by Crippen LogP contribution is 2.33. The molecule has 116 valence electrons. The van der Waals surface area contributed by atoms with Crippen LogP contribution in [0.2, 0.25) is 0 Å². The molecule has 0 aliphatic carbocycles. The van der Waals surface area contributed by atoms with E-state index in [2.05, 4.69) is 0 Å². The second-order valence-electron chi connectivity index (χ2n) is 5.14. The van der Waals surface area contributed by atoms with Gasteiger partial charge in [-0.1, -0.05) is 19.1 Å². The summed E-state index contributed by atoms with van der Waals surface area (Å²) in [4.78, 5) is 11.6. The first-order valence-electron chi connectivity index (χ1n) is 7.30. The molecular weight excluding hydrogens is 284 g/mol. The average molecular weight is 302 g/mol. The van der Waals surface area contributed by atoms with Crippen molar-refractivity contribution >= 4 is 12.0 Å². The minimum absolute atomic E-state index is 0.0112. The van der Waals surface area contributed by atoms with Crippen molar-refractivity contribution in [1.82, 2.24) is 0 Å². The molecule has 0 aromatic heterocycles. The first-order valence-corrected chi connectivity index (χ1v) is 7.30. The van der Waals surface area contributed by atoms with Crippen LogP contribution in [0.15, 0.2) is 36.1 Å². The van der Waals surface area contributed by atoms with Gasteiger partial charge in [-0.3, -0.25) is 0 Å². The van der Waals surface area contributed by atoms with Gasteiger partial charge in [0.05, 0.1) is 18.6 Å². The maximum absolute atomic E-state index is 11.6. The van der Waals surface area contributed by atoms with Crippen LogP contribution in [0.5, 0.6) is 11.5 Å². The Bertz CT molecular complexity index is 632. The molecule has 0 fully saturated rings. The standard InChI is InChI=1S/C17H18O5/c1-3-19-15-9-17(18)22-13(11(15)2)6-4-12-5-7-14-16(8-12)21-10-20-14/h4-9,11,13H,3,10H2,1-2H3/b6-4+. The van der Waals surface area contributed by atoms with E-state index in [0.717, 1.165) is 17.1 Å². The zero-order chi connectivity index (χ0) is 15.5. The van der Waals surface area contributed by atoms with Crippen LogP contribution in [-0.4, -0.2) is 25.5 Å². The van der Waals surface area contributed by atoms with Gasteiger partial charge in [0, 0.05) is 0 Å². The lowest BCUT2D eigenvalue weighted by molar-refractivity contribution is -0.145. The molecule has 2 unspecified atom stereocenters. The summed E-state index contributed by atoms with van der Waals surface area (Å²) in [6.07, 6.45) is 4.85.